The Morgan fingerprint density at radius 1 is 1.37 bits per heavy atom. The highest BCUT2D eigenvalue weighted by Gasteiger charge is 2.50. The summed E-state index contributed by atoms with van der Waals surface area (Å²) in [5, 5.41) is 25.4. The van der Waals surface area contributed by atoms with Crippen LogP contribution in [0.4, 0.5) is 5.13 Å². The number of β-lactam (4-membered cyclic amide) rings is 1. The zero-order chi connectivity index (χ0) is 25.1. The van der Waals surface area contributed by atoms with Crippen LogP contribution < -0.4 is 20.7 Å². The van der Waals surface area contributed by atoms with E-state index in [1.807, 2.05) is 0 Å². The maximum absolute atomic E-state index is 12.8. The van der Waals surface area contributed by atoms with E-state index in [2.05, 4.69) is 24.7 Å². The molecule has 2 aliphatic rings. The molecule has 4 heterocycles. The predicted octanol–water partition coefficient (Wildman–Crippen LogP) is -2.44. The molecule has 1 fully saturated rings. The van der Waals surface area contributed by atoms with Crippen LogP contribution >= 0.6 is 23.3 Å². The second-order valence-corrected chi connectivity index (χ2v) is 9.18. The normalized spacial score (nSPS) is 19.3. The number of fused-ring (bicyclic) bond motifs is 1. The molecule has 182 valence electrons. The first-order valence-electron chi connectivity index (χ1n) is 9.89. The minimum atomic E-state index is -1.29. The average molecular weight is 520 g/mol. The van der Waals surface area contributed by atoms with Gasteiger partial charge in [0.05, 0.1) is 5.97 Å². The molecular formula is C19H17N7O7S2. The zero-order valence-corrected chi connectivity index (χ0v) is 19.3. The maximum atomic E-state index is 12.8. The van der Waals surface area contributed by atoms with Crippen LogP contribution in [0.3, 0.4) is 0 Å². The van der Waals surface area contributed by atoms with Gasteiger partial charge < -0.3 is 35.8 Å². The van der Waals surface area contributed by atoms with Crippen molar-refractivity contribution in [2.75, 3.05) is 18.1 Å². The summed E-state index contributed by atoms with van der Waals surface area (Å²) in [6.07, 6.45) is 4.92. The molecule has 0 spiro atoms. The fourth-order valence-electron chi connectivity index (χ4n) is 3.26. The Hall–Kier alpha value is -4.05. The van der Waals surface area contributed by atoms with Gasteiger partial charge in [0.25, 0.3) is 11.8 Å². The molecule has 2 atom stereocenters. The van der Waals surface area contributed by atoms with Crippen molar-refractivity contribution in [2.45, 2.75) is 18.0 Å². The number of rotatable bonds is 9. The van der Waals surface area contributed by atoms with Crippen molar-refractivity contribution >= 4 is 57.9 Å². The lowest BCUT2D eigenvalue weighted by Crippen LogP contribution is -2.69. The second kappa shape index (κ2) is 10.1. The lowest BCUT2D eigenvalue weighted by molar-refractivity contribution is -0.689. The number of anilines is 1. The Labute approximate surface area is 205 Å². The number of carbonyl (C=O) groups excluding carboxylic acids is 3. The van der Waals surface area contributed by atoms with Gasteiger partial charge in [-0.1, -0.05) is 5.16 Å². The number of aliphatic carboxylic acids is 1. The van der Waals surface area contributed by atoms with Gasteiger partial charge >= 0.3 is 5.97 Å². The van der Waals surface area contributed by atoms with Crippen molar-refractivity contribution in [2.24, 2.45) is 5.16 Å². The number of thioether (sulfide) groups is 1. The molecule has 2 aliphatic heterocycles. The molecule has 35 heavy (non-hydrogen) atoms. The van der Waals surface area contributed by atoms with Gasteiger partial charge in [-0.05, 0) is 0 Å². The monoisotopic (exact) mass is 519 g/mol. The fraction of sp³-hybridized carbons (Fsp3) is 0.263. The van der Waals surface area contributed by atoms with Crippen LogP contribution in [0.5, 0.6) is 0 Å². The number of nitrogens with one attached hydrogen (secondary N) is 1. The molecule has 2 amide bonds. The number of carboxylic acid groups (broad SMARTS) is 2. The van der Waals surface area contributed by atoms with Crippen molar-refractivity contribution in [1.29, 1.82) is 0 Å². The summed E-state index contributed by atoms with van der Waals surface area (Å²) in [5.41, 5.74) is 6.13. The molecule has 0 bridgehead atoms. The lowest BCUT2D eigenvalue weighted by atomic mass is 10.1. The summed E-state index contributed by atoms with van der Waals surface area (Å²) in [6, 6.07) is 2.01. The number of hydrogen-bond donors (Lipinski definition) is 3. The van der Waals surface area contributed by atoms with E-state index in [1.54, 1.807) is 23.2 Å². The molecule has 4 rings (SSSR count). The summed E-state index contributed by atoms with van der Waals surface area (Å²) in [4.78, 5) is 57.1. The first-order valence-corrected chi connectivity index (χ1v) is 11.7. The Kier molecular flexibility index (Phi) is 6.92. The maximum Gasteiger partial charge on any atom is 0.344 e. The predicted molar refractivity (Wildman–Crippen MR) is 119 cm³/mol. The van der Waals surface area contributed by atoms with Crippen LogP contribution in [0, 0.1) is 0 Å². The van der Waals surface area contributed by atoms with E-state index in [-0.39, 0.29) is 27.8 Å². The molecule has 4 N–H and O–H groups in total. The topological polar surface area (TPSA) is 204 Å². The van der Waals surface area contributed by atoms with Crippen molar-refractivity contribution in [3.05, 3.63) is 47.7 Å². The standard InChI is InChI=1S/C19H17N7O7S2/c20-19-22-14(24-35-19)12(23-33-7-11(27)28)15(29)21-13-16(30)26-6-9(8-34-17(13)26)5-25-3-1-10(2-4-25)18(31)32/h1-4,6,13,17H,5,7-8H2,(H4-,20,21,22,24,27,28,29,31,32)/t13?,17-/m0/s1. The van der Waals surface area contributed by atoms with Gasteiger partial charge in [-0.3, -0.25) is 9.59 Å². The molecular weight excluding hydrogens is 502 g/mol. The average Bonchev–Trinajstić information content (AvgIpc) is 3.26. The van der Waals surface area contributed by atoms with E-state index in [9.17, 15) is 24.3 Å². The number of oxime groups is 1. The highest BCUT2D eigenvalue weighted by Crippen LogP contribution is 2.36. The summed E-state index contributed by atoms with van der Waals surface area (Å²) in [5.74, 6) is -3.30. The van der Waals surface area contributed by atoms with Crippen LogP contribution in [-0.4, -0.2) is 72.6 Å². The third-order valence-electron chi connectivity index (χ3n) is 4.85. The summed E-state index contributed by atoms with van der Waals surface area (Å²) in [7, 11) is 0. The molecule has 1 saturated heterocycles. The first kappa shape index (κ1) is 24.1. The number of hydrogen-bond acceptors (Lipinski definition) is 12. The molecule has 1 unspecified atom stereocenters. The lowest BCUT2D eigenvalue weighted by Gasteiger charge is -2.47. The van der Waals surface area contributed by atoms with Gasteiger partial charge in [0, 0.05) is 46.8 Å². The van der Waals surface area contributed by atoms with Gasteiger partial charge in [-0.15, -0.1) is 11.8 Å². The highest BCUT2D eigenvalue weighted by molar-refractivity contribution is 8.00. The largest absolute Gasteiger partial charge is 0.545 e. The van der Waals surface area contributed by atoms with Gasteiger partial charge in [0.15, 0.2) is 24.1 Å². The van der Waals surface area contributed by atoms with Crippen molar-refractivity contribution in [1.82, 2.24) is 19.6 Å². The first-order chi connectivity index (χ1) is 16.7. The molecule has 0 aliphatic carbocycles. The number of pyridine rings is 1. The van der Waals surface area contributed by atoms with Gasteiger partial charge in [0.1, 0.15) is 11.4 Å². The molecule has 14 nitrogen and oxygen atoms in total. The third kappa shape index (κ3) is 5.38. The summed E-state index contributed by atoms with van der Waals surface area (Å²) < 4.78 is 5.66. The van der Waals surface area contributed by atoms with E-state index in [1.165, 1.54) is 28.8 Å². The number of nitrogen functional groups attached to an aromatic ring is 1. The van der Waals surface area contributed by atoms with Gasteiger partial charge in [-0.2, -0.15) is 9.36 Å². The quantitative estimate of drug-likeness (QED) is 0.137. The third-order valence-corrected chi connectivity index (χ3v) is 6.77. The van der Waals surface area contributed by atoms with E-state index >= 15 is 0 Å². The van der Waals surface area contributed by atoms with Crippen molar-refractivity contribution in [3.8, 4) is 0 Å². The molecule has 2 aromatic rings. The Balaban J connectivity index is 1.41. The van der Waals surface area contributed by atoms with Gasteiger partial charge in [-0.25, -0.2) is 9.36 Å². The van der Waals surface area contributed by atoms with Crippen molar-refractivity contribution < 1.29 is 38.8 Å². The van der Waals surface area contributed by atoms with Gasteiger partial charge in [0.2, 0.25) is 18.1 Å². The van der Waals surface area contributed by atoms with Crippen molar-refractivity contribution in [3.63, 3.8) is 0 Å². The molecule has 0 radical (unpaired) electrons. The van der Waals surface area contributed by atoms with E-state index < -0.39 is 36.2 Å². The molecule has 2 aromatic heterocycles. The van der Waals surface area contributed by atoms with E-state index in [0.717, 1.165) is 17.1 Å². The number of aromatic carboxylic acids is 1. The molecule has 16 heteroatoms. The minimum Gasteiger partial charge on any atom is -0.545 e. The SMILES string of the molecule is Nc1nc(C(=NOCC(=O)O)C(=O)NC2C(=O)N3C=C(C[n+]4ccc(C(=O)[O-])cc4)CS[C@@H]23)ns1. The second-order valence-electron chi connectivity index (χ2n) is 7.30. The van der Waals surface area contributed by atoms with Crippen LogP contribution in [0.15, 0.2) is 41.5 Å². The number of amides is 2. The number of carboxylic acids is 2. The number of nitrogens with zero attached hydrogens (tertiary/aromatic N) is 5. The summed E-state index contributed by atoms with van der Waals surface area (Å²) >= 11 is 2.26. The Morgan fingerprint density at radius 3 is 2.74 bits per heavy atom. The van der Waals surface area contributed by atoms with Crippen LogP contribution in [0.2, 0.25) is 0 Å². The zero-order valence-electron chi connectivity index (χ0n) is 17.7. The van der Waals surface area contributed by atoms with Crippen LogP contribution in [0.25, 0.3) is 0 Å². The van der Waals surface area contributed by atoms with Crippen LogP contribution in [0.1, 0.15) is 16.2 Å². The highest BCUT2D eigenvalue weighted by atomic mass is 32.2. The molecule has 0 aromatic carbocycles. The van der Waals surface area contributed by atoms with E-state index in [4.69, 9.17) is 10.8 Å². The number of nitrogens with two attached hydrogens (primary N) is 1. The Bertz CT molecular complexity index is 1240. The molecule has 0 saturated carbocycles. The summed E-state index contributed by atoms with van der Waals surface area (Å²) in [6.45, 7) is -0.338. The minimum absolute atomic E-state index is 0.0663. The smallest absolute Gasteiger partial charge is 0.344 e. The fourth-order valence-corrected chi connectivity index (χ4v) is 4.94. The number of carbonyl (C=O) groups is 4. The van der Waals surface area contributed by atoms with Crippen LogP contribution in [-0.2, 0) is 25.8 Å². The number of aromatic nitrogens is 3. The Morgan fingerprint density at radius 2 is 2.11 bits per heavy atom. The van der Waals surface area contributed by atoms with E-state index in [0.29, 0.717) is 12.3 Å².